The van der Waals surface area contributed by atoms with E-state index in [9.17, 15) is 19.2 Å². The summed E-state index contributed by atoms with van der Waals surface area (Å²) in [7, 11) is 0. The van der Waals surface area contributed by atoms with E-state index in [1.54, 1.807) is 24.3 Å². The van der Waals surface area contributed by atoms with Crippen molar-refractivity contribution in [2.24, 2.45) is 0 Å². The summed E-state index contributed by atoms with van der Waals surface area (Å²) in [5.74, 6) is -1.41. The number of hydrogen-bond donors (Lipinski definition) is 0. The Hall–Kier alpha value is -4.58. The molecule has 6 nitrogen and oxygen atoms in total. The number of carbonyl (C=O) groups is 4. The van der Waals surface area contributed by atoms with Gasteiger partial charge in [-0.3, -0.25) is 19.2 Å². The van der Waals surface area contributed by atoms with Crippen molar-refractivity contribution in [1.82, 2.24) is 0 Å². The van der Waals surface area contributed by atoms with Gasteiger partial charge < -0.3 is 0 Å². The highest BCUT2D eigenvalue weighted by Crippen LogP contribution is 2.34. The minimum Gasteiger partial charge on any atom is -0.269 e. The van der Waals surface area contributed by atoms with Crippen molar-refractivity contribution in [3.63, 3.8) is 0 Å². The Bertz CT molecular complexity index is 1190. The van der Waals surface area contributed by atoms with Crippen molar-refractivity contribution in [2.45, 2.75) is 0 Å². The lowest BCUT2D eigenvalue weighted by Crippen LogP contribution is -2.29. The van der Waals surface area contributed by atoms with Gasteiger partial charge in [-0.05, 0) is 46.5 Å². The molecule has 0 spiro atoms. The van der Waals surface area contributed by atoms with Crippen LogP contribution < -0.4 is 9.80 Å². The van der Waals surface area contributed by atoms with E-state index in [1.807, 2.05) is 48.5 Å². The van der Waals surface area contributed by atoms with E-state index in [2.05, 4.69) is 0 Å². The number of anilines is 2. The fourth-order valence-electron chi connectivity index (χ4n) is 3.88. The Kier molecular flexibility index (Phi) is 4.60. The highest BCUT2D eigenvalue weighted by molar-refractivity contribution is 6.28. The summed E-state index contributed by atoms with van der Waals surface area (Å²) < 4.78 is 0. The molecule has 0 aromatic heterocycles. The summed E-state index contributed by atoms with van der Waals surface area (Å²) in [5, 5.41) is 0. The Labute approximate surface area is 183 Å². The van der Waals surface area contributed by atoms with Crippen LogP contribution in [0.25, 0.3) is 22.3 Å². The highest BCUT2D eigenvalue weighted by atomic mass is 16.2. The largest absolute Gasteiger partial charge is 0.269 e. The molecule has 5 rings (SSSR count). The van der Waals surface area contributed by atoms with Gasteiger partial charge in [-0.2, -0.15) is 0 Å². The van der Waals surface area contributed by atoms with Crippen LogP contribution >= 0.6 is 0 Å². The molecule has 0 fully saturated rings. The molecule has 0 N–H and O–H groups in total. The van der Waals surface area contributed by atoms with Crippen molar-refractivity contribution in [1.29, 1.82) is 0 Å². The van der Waals surface area contributed by atoms with Gasteiger partial charge >= 0.3 is 0 Å². The number of hydrogen-bond acceptors (Lipinski definition) is 4. The third-order valence-corrected chi connectivity index (χ3v) is 5.42. The molecule has 0 unspecified atom stereocenters. The predicted octanol–water partition coefficient (Wildman–Crippen LogP) is 3.88. The molecule has 2 aliphatic rings. The minimum atomic E-state index is -0.353. The first-order chi connectivity index (χ1) is 15.5. The van der Waals surface area contributed by atoms with Gasteiger partial charge in [-0.25, -0.2) is 9.80 Å². The molecule has 6 heteroatoms. The second kappa shape index (κ2) is 7.59. The molecular weight excluding hydrogens is 404 g/mol. The zero-order valence-corrected chi connectivity index (χ0v) is 16.8. The summed E-state index contributed by atoms with van der Waals surface area (Å²) >= 11 is 0. The molecule has 0 radical (unpaired) electrons. The lowest BCUT2D eigenvalue weighted by molar-refractivity contribution is -0.121. The quantitative estimate of drug-likeness (QED) is 0.601. The first-order valence-electron chi connectivity index (χ1n) is 9.95. The lowest BCUT2D eigenvalue weighted by Gasteiger charge is -2.16. The number of nitrogens with zero attached hydrogens (tertiary/aromatic N) is 2. The van der Waals surface area contributed by atoms with Crippen molar-refractivity contribution in [2.75, 3.05) is 9.80 Å². The maximum Gasteiger partial charge on any atom is 0.258 e. The van der Waals surface area contributed by atoms with Gasteiger partial charge in [0.15, 0.2) is 0 Å². The van der Waals surface area contributed by atoms with Crippen LogP contribution in [0.3, 0.4) is 0 Å². The van der Waals surface area contributed by atoms with Crippen LogP contribution in [0.4, 0.5) is 11.4 Å². The fourth-order valence-corrected chi connectivity index (χ4v) is 3.88. The van der Waals surface area contributed by atoms with E-state index >= 15 is 0 Å². The van der Waals surface area contributed by atoms with E-state index in [1.165, 1.54) is 24.3 Å². The molecule has 2 heterocycles. The average molecular weight is 420 g/mol. The van der Waals surface area contributed by atoms with Crippen LogP contribution in [0.1, 0.15) is 0 Å². The summed E-state index contributed by atoms with van der Waals surface area (Å²) in [6, 6.07) is 22.3. The third-order valence-electron chi connectivity index (χ3n) is 5.42. The van der Waals surface area contributed by atoms with Crippen molar-refractivity contribution >= 4 is 35.0 Å². The Balaban J connectivity index is 1.46. The number of benzene rings is 3. The summed E-state index contributed by atoms with van der Waals surface area (Å²) in [6.07, 6.45) is 5.03. The van der Waals surface area contributed by atoms with Gasteiger partial charge in [-0.15, -0.1) is 0 Å². The second-order valence-corrected chi connectivity index (χ2v) is 7.33. The SMILES string of the molecule is O=C1C=CC(=O)N1c1ccc(-c2ccccc2-c2ccc(N3C(=O)C=CC3=O)cc2)cc1. The number of rotatable bonds is 4. The van der Waals surface area contributed by atoms with Crippen LogP contribution in [-0.4, -0.2) is 23.6 Å². The first kappa shape index (κ1) is 19.4. The first-order valence-corrected chi connectivity index (χ1v) is 9.95. The van der Waals surface area contributed by atoms with Crippen LogP contribution in [-0.2, 0) is 19.2 Å². The summed E-state index contributed by atoms with van der Waals surface area (Å²) in [4.78, 5) is 49.9. The van der Waals surface area contributed by atoms with Gasteiger partial charge in [0.25, 0.3) is 23.6 Å². The van der Waals surface area contributed by atoms with Gasteiger partial charge in [0, 0.05) is 24.3 Å². The molecule has 0 saturated carbocycles. The molecule has 4 amide bonds. The average Bonchev–Trinajstić information content (AvgIpc) is 3.34. The monoisotopic (exact) mass is 420 g/mol. The minimum absolute atomic E-state index is 0.353. The van der Waals surface area contributed by atoms with Crippen LogP contribution in [0, 0.1) is 0 Å². The molecule has 0 aliphatic carbocycles. The molecule has 0 bridgehead atoms. The fraction of sp³-hybridized carbons (Fsp3) is 0. The zero-order valence-electron chi connectivity index (χ0n) is 16.8. The maximum atomic E-state index is 11.9. The van der Waals surface area contributed by atoms with E-state index in [-0.39, 0.29) is 23.6 Å². The summed E-state index contributed by atoms with van der Waals surface area (Å²) in [5.41, 5.74) is 4.83. The van der Waals surface area contributed by atoms with Crippen molar-refractivity contribution < 1.29 is 19.2 Å². The Morgan fingerprint density at radius 1 is 0.406 bits per heavy atom. The molecule has 154 valence electrons. The van der Waals surface area contributed by atoms with E-state index in [0.29, 0.717) is 11.4 Å². The van der Waals surface area contributed by atoms with Crippen LogP contribution in [0.2, 0.25) is 0 Å². The number of carbonyl (C=O) groups excluding carboxylic acids is 4. The van der Waals surface area contributed by atoms with E-state index in [4.69, 9.17) is 0 Å². The van der Waals surface area contributed by atoms with E-state index < -0.39 is 0 Å². The highest BCUT2D eigenvalue weighted by Gasteiger charge is 2.26. The van der Waals surface area contributed by atoms with Crippen molar-refractivity contribution in [3.05, 3.63) is 97.1 Å². The Morgan fingerprint density at radius 2 is 0.719 bits per heavy atom. The molecule has 2 aliphatic heterocycles. The van der Waals surface area contributed by atoms with E-state index in [0.717, 1.165) is 32.1 Å². The standard InChI is InChI=1S/C26H16N2O4/c29-23-13-14-24(30)27(23)19-9-5-17(6-10-19)21-3-1-2-4-22(21)18-7-11-20(12-8-18)28-25(31)15-16-26(28)32/h1-16H. The van der Waals surface area contributed by atoms with Crippen LogP contribution in [0.15, 0.2) is 97.1 Å². The van der Waals surface area contributed by atoms with Gasteiger partial charge in [0.1, 0.15) is 0 Å². The van der Waals surface area contributed by atoms with Gasteiger partial charge in [0.2, 0.25) is 0 Å². The molecule has 32 heavy (non-hydrogen) atoms. The molecular formula is C26H16N2O4. The molecule has 3 aromatic rings. The van der Waals surface area contributed by atoms with Crippen LogP contribution in [0.5, 0.6) is 0 Å². The lowest BCUT2D eigenvalue weighted by atomic mass is 9.94. The summed E-state index contributed by atoms with van der Waals surface area (Å²) in [6.45, 7) is 0. The zero-order chi connectivity index (χ0) is 22.2. The molecule has 0 atom stereocenters. The topological polar surface area (TPSA) is 74.8 Å². The molecule has 0 saturated heterocycles. The van der Waals surface area contributed by atoms with Crippen molar-refractivity contribution in [3.8, 4) is 22.3 Å². The number of amides is 4. The van der Waals surface area contributed by atoms with Gasteiger partial charge in [0.05, 0.1) is 11.4 Å². The Morgan fingerprint density at radius 3 is 1.03 bits per heavy atom. The number of imide groups is 2. The van der Waals surface area contributed by atoms with Gasteiger partial charge in [-0.1, -0.05) is 48.5 Å². The second-order valence-electron chi connectivity index (χ2n) is 7.33. The molecule has 3 aromatic carbocycles. The normalized spacial score (nSPS) is 15.4. The maximum absolute atomic E-state index is 11.9. The smallest absolute Gasteiger partial charge is 0.258 e. The third kappa shape index (κ3) is 3.24. The predicted molar refractivity (Wildman–Crippen MR) is 121 cm³/mol.